The fourth-order valence-corrected chi connectivity index (χ4v) is 2.82. The van der Waals surface area contributed by atoms with Crippen molar-refractivity contribution in [3.05, 3.63) is 15.9 Å². The molecule has 0 amide bonds. The highest BCUT2D eigenvalue weighted by Crippen LogP contribution is 2.24. The van der Waals surface area contributed by atoms with Crippen molar-refractivity contribution in [1.82, 2.24) is 4.57 Å². The lowest BCUT2D eigenvalue weighted by Gasteiger charge is -2.15. The molecule has 0 spiro atoms. The molecule has 90 valence electrons. The zero-order valence-corrected chi connectivity index (χ0v) is 11.1. The van der Waals surface area contributed by atoms with Crippen molar-refractivity contribution in [2.75, 3.05) is 6.61 Å². The molecule has 0 bridgehead atoms. The van der Waals surface area contributed by atoms with E-state index in [4.69, 9.17) is 10.1 Å². The quantitative estimate of drug-likeness (QED) is 0.847. The van der Waals surface area contributed by atoms with Crippen LogP contribution in [0.4, 0.5) is 0 Å². The van der Waals surface area contributed by atoms with Gasteiger partial charge in [0, 0.05) is 17.7 Å². The van der Waals surface area contributed by atoms with E-state index in [0.29, 0.717) is 10.9 Å². The molecule has 1 aromatic rings. The largest absolute Gasteiger partial charge is 0.376 e. The summed E-state index contributed by atoms with van der Waals surface area (Å²) in [5, 5.41) is 7.96. The maximum absolute atomic E-state index is 7.96. The molecule has 2 rings (SSSR count). The topological polar surface area (TPSA) is 38.0 Å². The van der Waals surface area contributed by atoms with Gasteiger partial charge < -0.3 is 9.30 Å². The summed E-state index contributed by atoms with van der Waals surface area (Å²) in [6.07, 6.45) is 4.73. The maximum Gasteiger partial charge on any atom is 0.182 e. The van der Waals surface area contributed by atoms with E-state index in [-0.39, 0.29) is 5.41 Å². The predicted octanol–water partition coefficient (Wildman–Crippen LogP) is 2.51. The van der Waals surface area contributed by atoms with Gasteiger partial charge in [0.2, 0.25) is 0 Å². The van der Waals surface area contributed by atoms with Crippen molar-refractivity contribution >= 4 is 11.3 Å². The Morgan fingerprint density at radius 1 is 1.56 bits per heavy atom. The van der Waals surface area contributed by atoms with Crippen LogP contribution >= 0.6 is 11.3 Å². The van der Waals surface area contributed by atoms with Crippen LogP contribution in [0.5, 0.6) is 0 Å². The maximum atomic E-state index is 7.96. The van der Waals surface area contributed by atoms with E-state index >= 15 is 0 Å². The number of thiazole rings is 1. The molecule has 1 N–H and O–H groups in total. The van der Waals surface area contributed by atoms with Crippen molar-refractivity contribution in [3.8, 4) is 0 Å². The summed E-state index contributed by atoms with van der Waals surface area (Å²) < 4.78 is 7.64. The first-order valence-corrected chi connectivity index (χ1v) is 6.65. The van der Waals surface area contributed by atoms with Gasteiger partial charge in [-0.05, 0) is 18.3 Å². The Morgan fingerprint density at radius 2 is 2.31 bits per heavy atom. The zero-order valence-electron chi connectivity index (χ0n) is 10.2. The van der Waals surface area contributed by atoms with E-state index in [2.05, 4.69) is 27.0 Å². The van der Waals surface area contributed by atoms with E-state index in [9.17, 15) is 0 Å². The second-order valence-electron chi connectivity index (χ2n) is 5.44. The molecule has 0 aliphatic carbocycles. The summed E-state index contributed by atoms with van der Waals surface area (Å²) in [7, 11) is 0. The average Bonchev–Trinajstić information content (AvgIpc) is 2.76. The van der Waals surface area contributed by atoms with Gasteiger partial charge in [-0.1, -0.05) is 20.8 Å². The summed E-state index contributed by atoms with van der Waals surface area (Å²) in [4.78, 5) is 1.91. The molecule has 1 aliphatic heterocycles. The molecule has 16 heavy (non-hydrogen) atoms. The molecular weight excluding hydrogens is 220 g/mol. The minimum Gasteiger partial charge on any atom is -0.376 e. The van der Waals surface area contributed by atoms with E-state index in [1.54, 1.807) is 11.3 Å². The van der Waals surface area contributed by atoms with Gasteiger partial charge in [0.25, 0.3) is 0 Å². The second-order valence-corrected chi connectivity index (χ2v) is 6.47. The minimum absolute atomic E-state index is 0.141. The Kier molecular flexibility index (Phi) is 3.22. The number of nitrogens with zero attached hydrogens (tertiary/aromatic N) is 1. The van der Waals surface area contributed by atoms with Crippen molar-refractivity contribution in [2.24, 2.45) is 0 Å². The summed E-state index contributed by atoms with van der Waals surface area (Å²) in [6.45, 7) is 8.29. The van der Waals surface area contributed by atoms with E-state index in [0.717, 1.165) is 26.0 Å². The molecule has 2 heterocycles. The van der Waals surface area contributed by atoms with Crippen LogP contribution in [0.1, 0.15) is 38.5 Å². The van der Waals surface area contributed by atoms with Gasteiger partial charge in [0.15, 0.2) is 4.80 Å². The molecule has 1 saturated heterocycles. The fraction of sp³-hybridized carbons (Fsp3) is 0.750. The van der Waals surface area contributed by atoms with Crippen LogP contribution in [0.3, 0.4) is 0 Å². The predicted molar refractivity (Wildman–Crippen MR) is 65.8 cm³/mol. The smallest absolute Gasteiger partial charge is 0.182 e. The lowest BCUT2D eigenvalue weighted by atomic mass is 9.95. The first-order valence-electron chi connectivity index (χ1n) is 5.84. The number of ether oxygens (including phenoxy) is 1. The van der Waals surface area contributed by atoms with Crippen molar-refractivity contribution < 1.29 is 4.74 Å². The second kappa shape index (κ2) is 4.34. The molecule has 4 heteroatoms. The van der Waals surface area contributed by atoms with Gasteiger partial charge in [-0.25, -0.2) is 0 Å². The number of nitrogens with one attached hydrogen (secondary N) is 1. The Labute approximate surface area is 101 Å². The average molecular weight is 240 g/mol. The summed E-state index contributed by atoms with van der Waals surface area (Å²) in [6, 6.07) is 0. The Morgan fingerprint density at radius 3 is 2.81 bits per heavy atom. The molecule has 0 aromatic carbocycles. The molecule has 0 radical (unpaired) electrons. The van der Waals surface area contributed by atoms with Crippen molar-refractivity contribution in [1.29, 1.82) is 5.41 Å². The van der Waals surface area contributed by atoms with Crippen LogP contribution in [-0.4, -0.2) is 17.3 Å². The van der Waals surface area contributed by atoms with Gasteiger partial charge in [-0.3, -0.25) is 5.41 Å². The number of hydrogen-bond donors (Lipinski definition) is 1. The number of aromatic nitrogens is 1. The highest BCUT2D eigenvalue weighted by molar-refractivity contribution is 7.09. The monoisotopic (exact) mass is 240 g/mol. The molecule has 1 fully saturated rings. The highest BCUT2D eigenvalue weighted by atomic mass is 32.1. The molecule has 1 aliphatic rings. The summed E-state index contributed by atoms with van der Waals surface area (Å²) in [5.41, 5.74) is 0.141. The number of rotatable bonds is 2. The van der Waals surface area contributed by atoms with Crippen LogP contribution < -0.4 is 4.80 Å². The Bertz CT molecular complexity index is 407. The van der Waals surface area contributed by atoms with Gasteiger partial charge >= 0.3 is 0 Å². The highest BCUT2D eigenvalue weighted by Gasteiger charge is 2.20. The first-order chi connectivity index (χ1) is 7.47. The molecule has 0 saturated carbocycles. The van der Waals surface area contributed by atoms with E-state index < -0.39 is 0 Å². The van der Waals surface area contributed by atoms with Crippen LogP contribution in [-0.2, 0) is 16.7 Å². The van der Waals surface area contributed by atoms with Crippen LogP contribution in [0, 0.1) is 5.41 Å². The number of hydrogen-bond acceptors (Lipinski definition) is 3. The van der Waals surface area contributed by atoms with E-state index in [1.165, 1.54) is 4.88 Å². The third-order valence-corrected chi connectivity index (χ3v) is 4.27. The lowest BCUT2D eigenvalue weighted by Crippen LogP contribution is -2.21. The molecule has 1 aromatic heterocycles. The van der Waals surface area contributed by atoms with Crippen LogP contribution in [0.25, 0.3) is 0 Å². The SMILES string of the molecule is CC(C)(C)c1cn(C[C@H]2CCCO2)c(=N)s1. The van der Waals surface area contributed by atoms with Crippen LogP contribution in [0.2, 0.25) is 0 Å². The molecule has 1 atom stereocenters. The third kappa shape index (κ3) is 2.55. The molecular formula is C12H20N2OS. The van der Waals surface area contributed by atoms with Crippen molar-refractivity contribution in [3.63, 3.8) is 0 Å². The molecule has 0 unspecified atom stereocenters. The van der Waals surface area contributed by atoms with E-state index in [1.807, 2.05) is 4.57 Å². The zero-order chi connectivity index (χ0) is 11.8. The Hall–Kier alpha value is -0.610. The Balaban J connectivity index is 2.15. The van der Waals surface area contributed by atoms with Crippen molar-refractivity contribution in [2.45, 2.75) is 51.7 Å². The minimum atomic E-state index is 0.141. The normalized spacial score (nSPS) is 21.6. The third-order valence-electron chi connectivity index (χ3n) is 2.90. The first kappa shape index (κ1) is 11.9. The lowest BCUT2D eigenvalue weighted by molar-refractivity contribution is 0.0962. The van der Waals surface area contributed by atoms with Gasteiger partial charge in [-0.2, -0.15) is 0 Å². The standard InChI is InChI=1S/C12H20N2OS/c1-12(2,3)10-8-14(11(13)16-10)7-9-5-4-6-15-9/h8-9,13H,4-7H2,1-3H3/t9-/m1/s1. The summed E-state index contributed by atoms with van der Waals surface area (Å²) >= 11 is 1.58. The van der Waals surface area contributed by atoms with Crippen LogP contribution in [0.15, 0.2) is 6.20 Å². The van der Waals surface area contributed by atoms with Gasteiger partial charge in [0.05, 0.1) is 12.6 Å². The molecule has 3 nitrogen and oxygen atoms in total. The fourth-order valence-electron chi connectivity index (χ4n) is 1.88. The van der Waals surface area contributed by atoms with Gasteiger partial charge in [-0.15, -0.1) is 11.3 Å². The van der Waals surface area contributed by atoms with Gasteiger partial charge in [0.1, 0.15) is 0 Å². The summed E-state index contributed by atoms with van der Waals surface area (Å²) in [5.74, 6) is 0.